The molecule has 2 aromatic carbocycles. The highest BCUT2D eigenvalue weighted by atomic mass is 79.9. The van der Waals surface area contributed by atoms with Crippen LogP contribution in [-0.2, 0) is 0 Å². The first-order valence-corrected chi connectivity index (χ1v) is 10.9. The van der Waals surface area contributed by atoms with Crippen molar-refractivity contribution >= 4 is 49.5 Å². The van der Waals surface area contributed by atoms with Crippen LogP contribution in [0.3, 0.4) is 0 Å². The second kappa shape index (κ2) is 6.17. The third-order valence-corrected chi connectivity index (χ3v) is 6.88. The van der Waals surface area contributed by atoms with Crippen molar-refractivity contribution in [1.82, 2.24) is 4.57 Å². The predicted octanol–water partition coefficient (Wildman–Crippen LogP) is 6.43. The summed E-state index contributed by atoms with van der Waals surface area (Å²) in [7, 11) is 0. The maximum atomic E-state index is 13.4. The van der Waals surface area contributed by atoms with E-state index in [9.17, 15) is 9.59 Å². The van der Waals surface area contributed by atoms with Crippen LogP contribution in [0.15, 0.2) is 51.4 Å². The van der Waals surface area contributed by atoms with Gasteiger partial charge in [0.1, 0.15) is 0 Å². The zero-order chi connectivity index (χ0) is 19.7. The molecule has 144 valence electrons. The third-order valence-electron chi connectivity index (χ3n) is 6.39. The smallest absolute Gasteiger partial charge is 0.229 e. The average Bonchev–Trinajstić information content (AvgIpc) is 3.28. The number of carbonyl (C=O) groups excluding carboxylic acids is 2. The molecule has 1 fully saturated rings. The second-order valence-electron chi connectivity index (χ2n) is 8.01. The Balaban J connectivity index is 1.72. The molecule has 2 aliphatic rings. The van der Waals surface area contributed by atoms with Crippen molar-refractivity contribution in [3.8, 4) is 0 Å². The van der Waals surface area contributed by atoms with Crippen molar-refractivity contribution < 1.29 is 14.0 Å². The van der Waals surface area contributed by atoms with Gasteiger partial charge in [0, 0.05) is 27.0 Å². The molecule has 6 rings (SSSR count). The van der Waals surface area contributed by atoms with Crippen molar-refractivity contribution in [2.45, 2.75) is 38.1 Å². The summed E-state index contributed by atoms with van der Waals surface area (Å²) >= 11 is 3.57. The van der Waals surface area contributed by atoms with Gasteiger partial charge >= 0.3 is 0 Å². The molecule has 0 amide bonds. The van der Waals surface area contributed by atoms with E-state index in [1.807, 2.05) is 12.1 Å². The van der Waals surface area contributed by atoms with Crippen molar-refractivity contribution in [1.29, 1.82) is 0 Å². The molecule has 0 spiro atoms. The van der Waals surface area contributed by atoms with Crippen molar-refractivity contribution in [2.24, 2.45) is 0 Å². The minimum Gasteiger partial charge on any atom is -0.435 e. The minimum absolute atomic E-state index is 0.128. The van der Waals surface area contributed by atoms with Crippen molar-refractivity contribution in [2.75, 3.05) is 0 Å². The van der Waals surface area contributed by atoms with Crippen molar-refractivity contribution in [3.05, 3.63) is 69.4 Å². The van der Waals surface area contributed by atoms with Gasteiger partial charge in [-0.15, -0.1) is 0 Å². The molecule has 4 aromatic rings. The van der Waals surface area contributed by atoms with E-state index >= 15 is 0 Å². The van der Waals surface area contributed by atoms with Gasteiger partial charge in [-0.2, -0.15) is 0 Å². The van der Waals surface area contributed by atoms with Gasteiger partial charge in [0.2, 0.25) is 11.5 Å². The quantitative estimate of drug-likeness (QED) is 0.297. The van der Waals surface area contributed by atoms with Gasteiger partial charge in [-0.3, -0.25) is 9.59 Å². The molecule has 0 unspecified atom stereocenters. The molecule has 29 heavy (non-hydrogen) atoms. The number of fused-ring (bicyclic) bond motifs is 6. The highest BCUT2D eigenvalue weighted by Crippen LogP contribution is 2.44. The van der Waals surface area contributed by atoms with Crippen LogP contribution in [0.2, 0.25) is 0 Å². The highest BCUT2D eigenvalue weighted by molar-refractivity contribution is 9.10. The van der Waals surface area contributed by atoms with Crippen LogP contribution in [0.4, 0.5) is 0 Å². The number of halogens is 1. The van der Waals surface area contributed by atoms with Gasteiger partial charge < -0.3 is 8.98 Å². The van der Waals surface area contributed by atoms with E-state index < -0.39 is 0 Å². The van der Waals surface area contributed by atoms with Gasteiger partial charge in [0.05, 0.1) is 16.5 Å². The SMILES string of the molecule is O=C1c2ccccc2C(=O)c2c1oc1c2c2cc(Br)ccc2n1C1CCCCC1. The van der Waals surface area contributed by atoms with Crippen LogP contribution < -0.4 is 0 Å². The Morgan fingerprint density at radius 1 is 0.931 bits per heavy atom. The Bertz CT molecular complexity index is 1340. The number of nitrogens with zero attached hydrogens (tertiary/aromatic N) is 1. The molecule has 0 saturated heterocycles. The van der Waals surface area contributed by atoms with Crippen LogP contribution >= 0.6 is 15.9 Å². The first-order chi connectivity index (χ1) is 14.1. The van der Waals surface area contributed by atoms with Gasteiger partial charge in [-0.05, 0) is 31.0 Å². The monoisotopic (exact) mass is 447 g/mol. The van der Waals surface area contributed by atoms with Crippen LogP contribution in [0, 0.1) is 0 Å². The lowest BCUT2D eigenvalue weighted by Crippen LogP contribution is -2.19. The molecule has 2 heterocycles. The fourth-order valence-electron chi connectivity index (χ4n) is 5.08. The van der Waals surface area contributed by atoms with Crippen LogP contribution in [0.25, 0.3) is 22.0 Å². The predicted molar refractivity (Wildman–Crippen MR) is 115 cm³/mol. The van der Waals surface area contributed by atoms with E-state index in [4.69, 9.17) is 4.42 Å². The topological polar surface area (TPSA) is 52.2 Å². The molecule has 0 atom stereocenters. The fourth-order valence-corrected chi connectivity index (χ4v) is 5.44. The summed E-state index contributed by atoms with van der Waals surface area (Å²) < 4.78 is 9.39. The Morgan fingerprint density at radius 2 is 1.66 bits per heavy atom. The van der Waals surface area contributed by atoms with E-state index in [1.54, 1.807) is 24.3 Å². The Kier molecular flexibility index (Phi) is 3.66. The number of hydrogen-bond acceptors (Lipinski definition) is 3. The first-order valence-electron chi connectivity index (χ1n) is 10.1. The van der Waals surface area contributed by atoms with Crippen molar-refractivity contribution in [3.63, 3.8) is 0 Å². The Morgan fingerprint density at radius 3 is 2.41 bits per heavy atom. The van der Waals surface area contributed by atoms with Gasteiger partial charge in [0.25, 0.3) is 0 Å². The maximum absolute atomic E-state index is 13.4. The molecule has 0 radical (unpaired) electrons. The molecular weight excluding hydrogens is 430 g/mol. The van der Waals surface area contributed by atoms with E-state index in [2.05, 4.69) is 26.6 Å². The minimum atomic E-state index is -0.204. The zero-order valence-corrected chi connectivity index (χ0v) is 17.3. The first kappa shape index (κ1) is 17.2. The highest BCUT2D eigenvalue weighted by Gasteiger charge is 2.38. The summed E-state index contributed by atoms with van der Waals surface area (Å²) in [5.74, 6) is -0.147. The Labute approximate surface area is 175 Å². The number of carbonyl (C=O) groups is 2. The number of ketones is 2. The van der Waals surface area contributed by atoms with E-state index in [0.29, 0.717) is 28.4 Å². The summed E-state index contributed by atoms with van der Waals surface area (Å²) in [6, 6.07) is 13.5. The number of hydrogen-bond donors (Lipinski definition) is 0. The lowest BCUT2D eigenvalue weighted by atomic mass is 9.87. The number of rotatable bonds is 1. The molecule has 5 heteroatoms. The lowest BCUT2D eigenvalue weighted by molar-refractivity contribution is 0.0961. The molecule has 2 aromatic heterocycles. The van der Waals surface area contributed by atoms with E-state index in [0.717, 1.165) is 33.6 Å². The summed E-state index contributed by atoms with van der Waals surface area (Å²) in [5.41, 5.74) is 3.03. The van der Waals surface area contributed by atoms with Crippen LogP contribution in [0.5, 0.6) is 0 Å². The maximum Gasteiger partial charge on any atom is 0.229 e. The Hall–Kier alpha value is -2.66. The summed E-state index contributed by atoms with van der Waals surface area (Å²) in [6.07, 6.45) is 5.80. The number of aromatic nitrogens is 1. The second-order valence-corrected chi connectivity index (χ2v) is 8.93. The van der Waals surface area contributed by atoms with Gasteiger partial charge in [-0.25, -0.2) is 0 Å². The van der Waals surface area contributed by atoms with Gasteiger partial charge in [0.15, 0.2) is 11.5 Å². The largest absolute Gasteiger partial charge is 0.435 e. The fraction of sp³-hybridized carbons (Fsp3) is 0.250. The summed E-state index contributed by atoms with van der Waals surface area (Å²) in [6.45, 7) is 0. The summed E-state index contributed by atoms with van der Waals surface area (Å²) in [4.78, 5) is 26.6. The lowest BCUT2D eigenvalue weighted by Gasteiger charge is -2.24. The van der Waals surface area contributed by atoms with E-state index in [1.165, 1.54) is 19.3 Å². The molecule has 2 aliphatic carbocycles. The third kappa shape index (κ3) is 2.31. The zero-order valence-electron chi connectivity index (χ0n) is 15.7. The van der Waals surface area contributed by atoms with Crippen LogP contribution in [0.1, 0.15) is 70.2 Å². The van der Waals surface area contributed by atoms with Gasteiger partial charge in [-0.1, -0.05) is 59.5 Å². The average molecular weight is 448 g/mol. The molecule has 1 saturated carbocycles. The van der Waals surface area contributed by atoms with Crippen LogP contribution in [-0.4, -0.2) is 16.1 Å². The standard InChI is InChI=1S/C24H18BrNO3/c25-13-10-11-18-17(12-13)19-20-21(27)15-8-4-5-9-16(15)22(28)23(20)29-24(19)26(18)14-6-2-1-3-7-14/h4-5,8-12,14H,1-3,6-7H2. The normalized spacial score (nSPS) is 17.1. The number of furan rings is 1. The molecule has 0 N–H and O–H groups in total. The molecule has 0 bridgehead atoms. The molecular formula is C24H18BrNO3. The molecule has 0 aliphatic heterocycles. The summed E-state index contributed by atoms with van der Waals surface area (Å²) in [5, 5.41) is 1.74. The van der Waals surface area contributed by atoms with E-state index in [-0.39, 0.29) is 17.3 Å². The number of benzene rings is 2. The molecule has 4 nitrogen and oxygen atoms in total.